The summed E-state index contributed by atoms with van der Waals surface area (Å²) >= 11 is 0. The topological polar surface area (TPSA) is 56.5 Å². The fourth-order valence-corrected chi connectivity index (χ4v) is 1.18. The van der Waals surface area contributed by atoms with E-state index in [0.29, 0.717) is 13.2 Å². The maximum atomic E-state index is 5.55. The molecule has 0 aromatic heterocycles. The summed E-state index contributed by atoms with van der Waals surface area (Å²) in [5, 5.41) is 0. The molecule has 1 unspecified atom stereocenters. The maximum absolute atomic E-state index is 5.55. The lowest BCUT2D eigenvalue weighted by Gasteiger charge is -2.26. The van der Waals surface area contributed by atoms with Crippen LogP contribution in [0.3, 0.4) is 0 Å². The van der Waals surface area contributed by atoms with E-state index < -0.39 is 0 Å². The molecule has 1 atom stereocenters. The number of ether oxygens (including phenoxy) is 2. The molecule has 1 aliphatic rings. The third-order valence-corrected chi connectivity index (χ3v) is 1.78. The Morgan fingerprint density at radius 2 is 2.46 bits per heavy atom. The summed E-state index contributed by atoms with van der Waals surface area (Å²) in [6, 6.07) is 0. The van der Waals surface area contributed by atoms with Gasteiger partial charge in [-0.2, -0.15) is 0 Å². The van der Waals surface area contributed by atoms with Crippen molar-refractivity contribution in [1.82, 2.24) is 5.43 Å². The average Bonchev–Trinajstić information content (AvgIpc) is 2.10. The van der Waals surface area contributed by atoms with Gasteiger partial charge < -0.3 is 9.47 Å². The van der Waals surface area contributed by atoms with E-state index >= 15 is 0 Å². The number of allylic oxidation sites excluding steroid dienone is 3. The summed E-state index contributed by atoms with van der Waals surface area (Å²) in [4.78, 5) is 0. The second kappa shape index (κ2) is 4.89. The summed E-state index contributed by atoms with van der Waals surface area (Å²) in [6.07, 6.45) is 3.82. The number of nitrogens with two attached hydrogens (primary N) is 1. The molecule has 0 aromatic carbocycles. The molecule has 0 spiro atoms. The molecule has 0 fully saturated rings. The fourth-order valence-electron chi connectivity index (χ4n) is 1.18. The second-order valence-electron chi connectivity index (χ2n) is 2.88. The largest absolute Gasteiger partial charge is 0.486 e. The second-order valence-corrected chi connectivity index (χ2v) is 2.88. The molecule has 4 heteroatoms. The Bertz CT molecular complexity index is 224. The van der Waals surface area contributed by atoms with Crippen LogP contribution in [-0.4, -0.2) is 19.3 Å². The van der Waals surface area contributed by atoms with Crippen molar-refractivity contribution in [3.63, 3.8) is 0 Å². The van der Waals surface area contributed by atoms with Crippen LogP contribution in [0.1, 0.15) is 13.8 Å². The van der Waals surface area contributed by atoms with Gasteiger partial charge in [-0.05, 0) is 19.9 Å². The minimum atomic E-state index is 0.0130. The van der Waals surface area contributed by atoms with Crippen molar-refractivity contribution in [2.45, 2.75) is 20.0 Å². The van der Waals surface area contributed by atoms with Crippen LogP contribution in [0.15, 0.2) is 23.7 Å². The van der Waals surface area contributed by atoms with E-state index in [2.05, 4.69) is 5.43 Å². The van der Waals surface area contributed by atoms with Gasteiger partial charge in [-0.1, -0.05) is 6.08 Å². The van der Waals surface area contributed by atoms with Crippen molar-refractivity contribution in [3.05, 3.63) is 23.7 Å². The van der Waals surface area contributed by atoms with Crippen LogP contribution in [0.4, 0.5) is 0 Å². The number of rotatable bonds is 3. The maximum Gasteiger partial charge on any atom is 0.156 e. The van der Waals surface area contributed by atoms with E-state index in [4.69, 9.17) is 15.3 Å². The normalized spacial score (nSPS) is 23.2. The molecule has 4 nitrogen and oxygen atoms in total. The van der Waals surface area contributed by atoms with Crippen molar-refractivity contribution < 1.29 is 9.47 Å². The first-order valence-corrected chi connectivity index (χ1v) is 4.34. The molecular formula is C9H16N2O2. The smallest absolute Gasteiger partial charge is 0.156 e. The van der Waals surface area contributed by atoms with E-state index in [9.17, 15) is 0 Å². The molecule has 0 amide bonds. The Morgan fingerprint density at radius 1 is 1.69 bits per heavy atom. The van der Waals surface area contributed by atoms with Crippen LogP contribution in [-0.2, 0) is 9.47 Å². The third kappa shape index (κ3) is 2.75. The van der Waals surface area contributed by atoms with Gasteiger partial charge in [0.1, 0.15) is 18.5 Å². The highest BCUT2D eigenvalue weighted by atomic mass is 16.6. The van der Waals surface area contributed by atoms with Gasteiger partial charge in [0.2, 0.25) is 0 Å². The zero-order valence-electron chi connectivity index (χ0n) is 8.04. The van der Waals surface area contributed by atoms with E-state index in [0.717, 1.165) is 11.5 Å². The Hall–Kier alpha value is -1.00. The van der Waals surface area contributed by atoms with E-state index in [1.807, 2.05) is 26.0 Å². The van der Waals surface area contributed by atoms with Gasteiger partial charge in [-0.25, -0.2) is 0 Å². The Morgan fingerprint density at radius 3 is 3.00 bits per heavy atom. The lowest BCUT2D eigenvalue weighted by Crippen LogP contribution is -2.38. The quantitative estimate of drug-likeness (QED) is 0.500. The van der Waals surface area contributed by atoms with Crippen molar-refractivity contribution in [1.29, 1.82) is 0 Å². The molecule has 0 aromatic rings. The van der Waals surface area contributed by atoms with Gasteiger partial charge in [0.25, 0.3) is 0 Å². The van der Waals surface area contributed by atoms with Gasteiger partial charge in [-0.15, -0.1) is 0 Å². The van der Waals surface area contributed by atoms with E-state index in [-0.39, 0.29) is 6.10 Å². The van der Waals surface area contributed by atoms with E-state index in [1.165, 1.54) is 0 Å². The number of hydrogen-bond donors (Lipinski definition) is 2. The number of hydrazine groups is 1. The molecule has 1 rings (SSSR count). The molecule has 13 heavy (non-hydrogen) atoms. The lowest BCUT2D eigenvalue weighted by atomic mass is 10.3. The summed E-state index contributed by atoms with van der Waals surface area (Å²) in [5.74, 6) is 6.79. The van der Waals surface area contributed by atoms with Crippen LogP contribution in [0, 0.1) is 0 Å². The SMILES string of the molecule is C/C=C\C1=C(C)OC(CNN)CO1. The van der Waals surface area contributed by atoms with Crippen molar-refractivity contribution in [2.75, 3.05) is 13.2 Å². The lowest BCUT2D eigenvalue weighted by molar-refractivity contribution is 0.00343. The molecule has 0 bridgehead atoms. The molecule has 0 saturated heterocycles. The number of nitrogens with one attached hydrogen (secondary N) is 1. The highest BCUT2D eigenvalue weighted by Crippen LogP contribution is 2.17. The van der Waals surface area contributed by atoms with Gasteiger partial charge in [0, 0.05) is 0 Å². The Labute approximate surface area is 78.4 Å². The monoisotopic (exact) mass is 184 g/mol. The molecule has 3 N–H and O–H groups in total. The minimum Gasteiger partial charge on any atom is -0.486 e. The molecule has 74 valence electrons. The third-order valence-electron chi connectivity index (χ3n) is 1.78. The zero-order chi connectivity index (χ0) is 9.68. The predicted molar refractivity (Wildman–Crippen MR) is 50.5 cm³/mol. The molecule has 1 aliphatic heterocycles. The van der Waals surface area contributed by atoms with E-state index in [1.54, 1.807) is 0 Å². The average molecular weight is 184 g/mol. The Kier molecular flexibility index (Phi) is 3.79. The summed E-state index contributed by atoms with van der Waals surface area (Å²) in [5.41, 5.74) is 2.56. The molecule has 0 radical (unpaired) electrons. The standard InChI is InChI=1S/C9H16N2O2/c1-3-4-9-7(2)13-8(5-11-10)6-12-9/h3-4,8,11H,5-6,10H2,1-2H3/b4-3-. The van der Waals surface area contributed by atoms with Crippen LogP contribution in [0.25, 0.3) is 0 Å². The van der Waals surface area contributed by atoms with Gasteiger partial charge >= 0.3 is 0 Å². The van der Waals surface area contributed by atoms with Crippen molar-refractivity contribution >= 4 is 0 Å². The fraction of sp³-hybridized carbons (Fsp3) is 0.556. The van der Waals surface area contributed by atoms with Crippen LogP contribution < -0.4 is 11.3 Å². The summed E-state index contributed by atoms with van der Waals surface area (Å²) in [7, 11) is 0. The highest BCUT2D eigenvalue weighted by molar-refractivity contribution is 5.16. The van der Waals surface area contributed by atoms with Gasteiger partial charge in [0.05, 0.1) is 6.54 Å². The molecule has 1 heterocycles. The van der Waals surface area contributed by atoms with Gasteiger partial charge in [0.15, 0.2) is 5.76 Å². The summed E-state index contributed by atoms with van der Waals surface area (Å²) in [6.45, 7) is 4.97. The zero-order valence-corrected chi connectivity index (χ0v) is 8.04. The molecule has 0 saturated carbocycles. The first kappa shape index (κ1) is 10.1. The summed E-state index contributed by atoms with van der Waals surface area (Å²) < 4.78 is 11.0. The van der Waals surface area contributed by atoms with Crippen molar-refractivity contribution in [3.8, 4) is 0 Å². The molecular weight excluding hydrogens is 168 g/mol. The van der Waals surface area contributed by atoms with Crippen molar-refractivity contribution in [2.24, 2.45) is 5.84 Å². The first-order valence-electron chi connectivity index (χ1n) is 4.34. The first-order chi connectivity index (χ1) is 6.27. The Balaban J connectivity index is 2.56. The van der Waals surface area contributed by atoms with Crippen LogP contribution in [0.5, 0.6) is 0 Å². The minimum absolute atomic E-state index is 0.0130. The molecule has 0 aliphatic carbocycles. The predicted octanol–water partition coefficient (Wildman–Crippen LogP) is 0.673. The van der Waals surface area contributed by atoms with Crippen LogP contribution in [0.2, 0.25) is 0 Å². The van der Waals surface area contributed by atoms with Gasteiger partial charge in [-0.3, -0.25) is 11.3 Å². The highest BCUT2D eigenvalue weighted by Gasteiger charge is 2.18. The van der Waals surface area contributed by atoms with Crippen LogP contribution >= 0.6 is 0 Å². The number of hydrogen-bond acceptors (Lipinski definition) is 4.